The maximum absolute atomic E-state index is 7.38. The summed E-state index contributed by atoms with van der Waals surface area (Å²) in [7, 11) is -1.14. The molecule has 0 spiro atoms. The van der Waals surface area contributed by atoms with Crippen LogP contribution in [0.4, 0.5) is 45.5 Å². The number of anilines is 8. The molecule has 5 heterocycles. The fourth-order valence-corrected chi connectivity index (χ4v) is 16.2. The molecule has 0 amide bonds. The van der Waals surface area contributed by atoms with Gasteiger partial charge >= 0.3 is 0 Å². The number of allylic oxidation sites excluding steroid dienone is 1. The van der Waals surface area contributed by atoms with Gasteiger partial charge in [0.25, 0.3) is 6.71 Å². The second-order valence-electron chi connectivity index (χ2n) is 23.6. The number of rotatable bonds is 6. The minimum absolute atomic E-state index is 0.00897. The molecule has 372 valence electrons. The highest BCUT2D eigenvalue weighted by Crippen LogP contribution is 2.57. The Hall–Kier alpha value is -8.31. The van der Waals surface area contributed by atoms with Gasteiger partial charge in [-0.1, -0.05) is 157 Å². The molecule has 77 heavy (non-hydrogen) atoms. The highest BCUT2D eigenvalue weighted by atomic mass is 31.1. The lowest BCUT2D eigenvalue weighted by atomic mass is 9.31. The molecule has 0 radical (unpaired) electrons. The average Bonchev–Trinajstić information content (AvgIpc) is 3.62. The first-order valence-corrected chi connectivity index (χ1v) is 28.5. The third-order valence-electron chi connectivity index (χ3n) is 16.9. The highest BCUT2D eigenvalue weighted by molar-refractivity contribution is 7.76. The van der Waals surface area contributed by atoms with Crippen molar-refractivity contribution in [2.45, 2.75) is 72.6 Å². The topological polar surface area (TPSA) is 36.0 Å². The van der Waals surface area contributed by atoms with Gasteiger partial charge in [0.2, 0.25) is 0 Å². The van der Waals surface area contributed by atoms with E-state index in [1.807, 2.05) is 0 Å². The minimum Gasteiger partial charge on any atom is -0.456 e. The normalized spacial score (nSPS) is 15.0. The highest BCUT2D eigenvalue weighted by Gasteiger charge is 2.57. The summed E-state index contributed by atoms with van der Waals surface area (Å²) in [5.41, 5.74) is 23.1. The molecule has 0 fully saturated rings. The molecule has 9 aromatic carbocycles. The minimum atomic E-state index is -1.14. The predicted molar refractivity (Wildman–Crippen MR) is 328 cm³/mol. The molecule has 1 aliphatic carbocycles. The monoisotopic (exact) mass is 1010 g/mol. The van der Waals surface area contributed by atoms with Crippen molar-refractivity contribution in [2.24, 2.45) is 0 Å². The largest absolute Gasteiger partial charge is 0.456 e. The number of fused-ring (bicyclic) bond motifs is 8. The van der Waals surface area contributed by atoms with E-state index in [0.29, 0.717) is 0 Å². The quantitative estimate of drug-likeness (QED) is 0.123. The Morgan fingerprint density at radius 2 is 1.00 bits per heavy atom. The van der Waals surface area contributed by atoms with Crippen LogP contribution in [0.5, 0.6) is 0 Å². The third-order valence-corrected chi connectivity index (χ3v) is 19.5. The summed E-state index contributed by atoms with van der Waals surface area (Å²) >= 11 is 0. The Labute approximate surface area is 452 Å². The van der Waals surface area contributed by atoms with Gasteiger partial charge in [0, 0.05) is 79.6 Å². The summed E-state index contributed by atoms with van der Waals surface area (Å²) in [5.74, 6) is 0.961. The summed E-state index contributed by atoms with van der Waals surface area (Å²) in [6, 6.07) is 72.6. The molecule has 7 heteroatoms. The van der Waals surface area contributed by atoms with Crippen molar-refractivity contribution in [2.75, 3.05) is 14.7 Å². The maximum atomic E-state index is 7.38. The Kier molecular flexibility index (Phi) is 9.92. The van der Waals surface area contributed by atoms with E-state index < -0.39 is 7.55 Å². The zero-order valence-corrected chi connectivity index (χ0v) is 45.8. The third kappa shape index (κ3) is 6.77. The molecular formula is C70H58BN3O2P+. The van der Waals surface area contributed by atoms with Crippen molar-refractivity contribution < 1.29 is 8.83 Å². The van der Waals surface area contributed by atoms with E-state index in [-0.39, 0.29) is 17.5 Å². The summed E-state index contributed by atoms with van der Waals surface area (Å²) in [4.78, 5) is 7.70. The average molecular weight is 1020 g/mol. The molecule has 11 aromatic rings. The van der Waals surface area contributed by atoms with Crippen LogP contribution < -0.4 is 36.2 Å². The van der Waals surface area contributed by atoms with E-state index in [9.17, 15) is 0 Å². The first kappa shape index (κ1) is 46.0. The van der Waals surface area contributed by atoms with Gasteiger partial charge in [-0.3, -0.25) is 0 Å². The number of nitrogens with zero attached hydrogens (tertiary/aromatic N) is 3. The second kappa shape index (κ2) is 16.6. The lowest BCUT2D eigenvalue weighted by molar-refractivity contribution is 0.590. The summed E-state index contributed by atoms with van der Waals surface area (Å²) in [6.45, 7) is 18.2. The van der Waals surface area contributed by atoms with E-state index in [0.717, 1.165) is 85.5 Å². The van der Waals surface area contributed by atoms with Crippen LogP contribution in [-0.4, -0.2) is 12.0 Å². The van der Waals surface area contributed by atoms with E-state index in [4.69, 9.17) is 8.83 Å². The van der Waals surface area contributed by atoms with Crippen LogP contribution in [0.25, 0.3) is 38.6 Å². The zero-order chi connectivity index (χ0) is 52.2. The fourth-order valence-electron chi connectivity index (χ4n) is 13.2. The maximum Gasteiger partial charge on any atom is 0.263 e. The zero-order valence-electron chi connectivity index (χ0n) is 44.9. The van der Waals surface area contributed by atoms with Gasteiger partial charge < -0.3 is 23.5 Å². The van der Waals surface area contributed by atoms with Crippen molar-refractivity contribution in [3.8, 4) is 0 Å². The van der Waals surface area contributed by atoms with Gasteiger partial charge in [-0.05, 0) is 125 Å². The summed E-state index contributed by atoms with van der Waals surface area (Å²) < 4.78 is 14.5. The van der Waals surface area contributed by atoms with Gasteiger partial charge in [0.05, 0.1) is 16.8 Å². The van der Waals surface area contributed by atoms with Crippen LogP contribution in [0.2, 0.25) is 0 Å². The van der Waals surface area contributed by atoms with Gasteiger partial charge in [-0.15, -0.1) is 0 Å². The lowest BCUT2D eigenvalue weighted by Gasteiger charge is -2.47. The number of aryl methyl sites for hydroxylation is 2. The van der Waals surface area contributed by atoms with Crippen LogP contribution >= 0.6 is 7.55 Å². The smallest absolute Gasteiger partial charge is 0.263 e. The molecule has 1 atom stereocenters. The van der Waals surface area contributed by atoms with Crippen LogP contribution in [0.3, 0.4) is 0 Å². The Morgan fingerprint density at radius 3 is 1.61 bits per heavy atom. The second-order valence-corrected chi connectivity index (χ2v) is 25.8. The molecular weight excluding hydrogens is 957 g/mol. The molecule has 4 aliphatic rings. The molecule has 0 saturated heterocycles. The Morgan fingerprint density at radius 1 is 0.481 bits per heavy atom. The molecule has 0 bridgehead atoms. The number of para-hydroxylation sites is 4. The van der Waals surface area contributed by atoms with Gasteiger partial charge in [0.1, 0.15) is 22.0 Å². The first-order chi connectivity index (χ1) is 37.3. The Bertz CT molecular complexity index is 4300. The molecule has 1 unspecified atom stereocenters. The van der Waals surface area contributed by atoms with Gasteiger partial charge in [-0.25, -0.2) is 0 Å². The molecule has 0 saturated carbocycles. The van der Waals surface area contributed by atoms with Crippen molar-refractivity contribution >= 4 is 125 Å². The molecule has 5 nitrogen and oxygen atoms in total. The van der Waals surface area contributed by atoms with Crippen molar-refractivity contribution in [1.29, 1.82) is 0 Å². The van der Waals surface area contributed by atoms with E-state index in [2.05, 4.69) is 264 Å². The Balaban J connectivity index is 1.15. The number of benzene rings is 9. The van der Waals surface area contributed by atoms with Crippen LogP contribution in [-0.2, 0) is 17.3 Å². The van der Waals surface area contributed by atoms with E-state index >= 15 is 0 Å². The van der Waals surface area contributed by atoms with Crippen LogP contribution in [0.15, 0.2) is 208 Å². The standard InChI is InChI=1S/C70H58BN3O2P/c1-42-20-12-16-26-53(42)73-55-38-48(72(46-34-30-44(31-35-46)69(3,4)5)47-36-32-45(33-37-47)70(6,7)8)39-56-63(55)71-64-57(73)41-60-62(51-25-15-19-29-59(51)75-60)68(64)77(49-22-10-9-11-23-49)61-40-52-50-24-14-18-28-58(50)76-67(52)66(65(61)71)74(56)54-27-17-13-21-43(54)2/h9-39,41H,40H2,1-8H3/q+1. The van der Waals surface area contributed by atoms with Crippen molar-refractivity contribution in [3.05, 3.63) is 233 Å². The van der Waals surface area contributed by atoms with E-state index in [1.165, 1.54) is 70.9 Å². The first-order valence-electron chi connectivity index (χ1n) is 27.2. The fraction of sp³-hybridized carbons (Fsp3) is 0.157. The molecule has 0 N–H and O–H groups in total. The predicted octanol–water partition coefficient (Wildman–Crippen LogP) is 16.7. The summed E-state index contributed by atoms with van der Waals surface area (Å²) in [6.07, 6.45) is 0.776. The molecule has 3 aliphatic heterocycles. The lowest BCUT2D eigenvalue weighted by Crippen LogP contribution is -2.63. The summed E-state index contributed by atoms with van der Waals surface area (Å²) in [5, 5.41) is 7.76. The van der Waals surface area contributed by atoms with Crippen molar-refractivity contribution in [1.82, 2.24) is 0 Å². The van der Waals surface area contributed by atoms with Gasteiger partial charge in [-0.2, -0.15) is 0 Å². The van der Waals surface area contributed by atoms with Crippen LogP contribution in [0, 0.1) is 13.8 Å². The number of hydrogen-bond donors (Lipinski definition) is 0. The number of hydrogen-bond acceptors (Lipinski definition) is 5. The SMILES string of the molecule is Cc1ccccc1N1C2=C3B4c5c1cc(N(c1ccc(C(C)(C)C)cc1)c1ccc(C(C)(C)C)cc1)cc5N(c1ccccc1C)c1cc5oc6ccccc6c5c(c14)[P+](c1ccccc1)=C3Cc1c2oc2ccccc12. The molecule has 15 rings (SSSR count). The van der Waals surface area contributed by atoms with Crippen molar-refractivity contribution in [3.63, 3.8) is 0 Å². The van der Waals surface area contributed by atoms with E-state index in [1.54, 1.807) is 0 Å². The molecule has 2 aromatic heterocycles. The van der Waals surface area contributed by atoms with Gasteiger partial charge in [0.15, 0.2) is 23.9 Å². The number of furan rings is 2. The van der Waals surface area contributed by atoms with Crippen LogP contribution in [0.1, 0.15) is 75.1 Å².